The number of benzene rings is 2. The standard InChI is InChI=1S/C35H52N2O4.2ClH/c1-5-36(6-2)21-13-9-11-15-23-40-34(38)28-17-19-32-30(25-28)27-31-26-29(18-20-33(31)32)35(39)41-24-16-12-10-14-22-37(7-3)8-4;;/h17-20,25-26H,5-16,21-24,27H2,1-4H3;2*1H. The third-order valence-electron chi connectivity index (χ3n) is 8.67. The van der Waals surface area contributed by atoms with Gasteiger partial charge in [-0.2, -0.15) is 0 Å². The van der Waals surface area contributed by atoms with Gasteiger partial charge in [-0.1, -0.05) is 12.1 Å². The van der Waals surface area contributed by atoms with Crippen LogP contribution in [-0.4, -0.2) is 64.4 Å². The highest BCUT2D eigenvalue weighted by Crippen LogP contribution is 2.37. The van der Waals surface area contributed by atoms with Gasteiger partial charge in [-0.25, -0.2) is 9.59 Å². The fraction of sp³-hybridized carbons (Fsp3) is 0.600. The molecule has 0 amide bonds. The van der Waals surface area contributed by atoms with Gasteiger partial charge in [0.15, 0.2) is 0 Å². The van der Waals surface area contributed by atoms with Crippen molar-refractivity contribution in [2.45, 2.75) is 85.5 Å². The molecule has 2 N–H and O–H groups in total. The molecule has 0 aromatic heterocycles. The number of ether oxygens (including phenoxy) is 2. The van der Waals surface area contributed by atoms with E-state index in [1.807, 2.05) is 36.4 Å². The van der Waals surface area contributed by atoms with E-state index >= 15 is 0 Å². The summed E-state index contributed by atoms with van der Waals surface area (Å²) in [7, 11) is 0. The molecule has 0 atom stereocenters. The Bertz CT molecular complexity index is 1020. The molecule has 1 aliphatic rings. The summed E-state index contributed by atoms with van der Waals surface area (Å²) in [5, 5.41) is 0. The summed E-state index contributed by atoms with van der Waals surface area (Å²) in [6, 6.07) is 11.6. The lowest BCUT2D eigenvalue weighted by Gasteiger charge is -2.14. The molecule has 0 spiro atoms. The molecule has 2 aromatic carbocycles. The van der Waals surface area contributed by atoms with Gasteiger partial charge in [0.2, 0.25) is 0 Å². The molecule has 43 heavy (non-hydrogen) atoms. The van der Waals surface area contributed by atoms with E-state index in [2.05, 4.69) is 27.7 Å². The molecule has 242 valence electrons. The average Bonchev–Trinajstić information content (AvgIpc) is 3.37. The number of fused-ring (bicyclic) bond motifs is 3. The van der Waals surface area contributed by atoms with Crippen LogP contribution in [0.15, 0.2) is 36.4 Å². The summed E-state index contributed by atoms with van der Waals surface area (Å²) >= 11 is 0. The zero-order valence-corrected chi connectivity index (χ0v) is 28.4. The maximum absolute atomic E-state index is 12.7. The molecule has 0 saturated carbocycles. The fourth-order valence-electron chi connectivity index (χ4n) is 5.83. The van der Waals surface area contributed by atoms with Crippen LogP contribution in [0, 0.1) is 0 Å². The van der Waals surface area contributed by atoms with Crippen LogP contribution in [0.3, 0.4) is 0 Å². The largest absolute Gasteiger partial charge is 1.00 e. The van der Waals surface area contributed by atoms with E-state index in [0.29, 0.717) is 30.8 Å². The number of quaternary nitrogens is 2. The average molecular weight is 638 g/mol. The summed E-state index contributed by atoms with van der Waals surface area (Å²) in [5.74, 6) is -0.509. The molecule has 0 fully saturated rings. The Morgan fingerprint density at radius 1 is 0.581 bits per heavy atom. The zero-order valence-electron chi connectivity index (χ0n) is 26.9. The van der Waals surface area contributed by atoms with Crippen molar-refractivity contribution < 1.29 is 53.7 Å². The lowest BCUT2D eigenvalue weighted by atomic mass is 10.0. The normalized spacial score (nSPS) is 11.5. The van der Waals surface area contributed by atoms with Gasteiger partial charge in [0.1, 0.15) is 0 Å². The minimum atomic E-state index is -0.255. The first-order valence-corrected chi connectivity index (χ1v) is 16.3. The number of carbonyl (C=O) groups excluding carboxylic acids is 2. The van der Waals surface area contributed by atoms with Crippen molar-refractivity contribution >= 4 is 11.9 Å². The molecule has 8 heteroatoms. The minimum Gasteiger partial charge on any atom is -1.00 e. The summed E-state index contributed by atoms with van der Waals surface area (Å²) < 4.78 is 11.1. The van der Waals surface area contributed by atoms with Gasteiger partial charge in [-0.3, -0.25) is 0 Å². The van der Waals surface area contributed by atoms with E-state index < -0.39 is 0 Å². The van der Waals surface area contributed by atoms with Gasteiger partial charge >= 0.3 is 11.9 Å². The second-order valence-corrected chi connectivity index (χ2v) is 11.4. The van der Waals surface area contributed by atoms with Gasteiger partial charge in [-0.05, 0) is 132 Å². The fourth-order valence-corrected chi connectivity index (χ4v) is 5.83. The Labute approximate surface area is 272 Å². The van der Waals surface area contributed by atoms with Crippen molar-refractivity contribution in [2.75, 3.05) is 52.5 Å². The number of hydrogen-bond acceptors (Lipinski definition) is 4. The van der Waals surface area contributed by atoms with Crippen LogP contribution in [0.25, 0.3) is 11.1 Å². The zero-order chi connectivity index (χ0) is 29.5. The molecule has 6 nitrogen and oxygen atoms in total. The SMILES string of the molecule is CC[NH+](CC)CCCCCCOC(=O)c1ccc2c(c1)Cc1cc(C(=O)OCCCCCC[NH+](CC)CC)ccc1-2.[Cl-].[Cl-]. The molecule has 0 heterocycles. The Kier molecular flexibility index (Phi) is 19.5. The molecule has 0 saturated heterocycles. The lowest BCUT2D eigenvalue weighted by Crippen LogP contribution is -3.11. The maximum Gasteiger partial charge on any atom is 0.338 e. The lowest BCUT2D eigenvalue weighted by molar-refractivity contribution is -0.896. The van der Waals surface area contributed by atoms with Crippen molar-refractivity contribution in [1.82, 2.24) is 0 Å². The van der Waals surface area contributed by atoms with Gasteiger partial charge < -0.3 is 44.1 Å². The predicted molar refractivity (Wildman–Crippen MR) is 166 cm³/mol. The number of rotatable bonds is 20. The van der Waals surface area contributed by atoms with E-state index in [9.17, 15) is 9.59 Å². The highest BCUT2D eigenvalue weighted by Gasteiger charge is 2.22. The third kappa shape index (κ3) is 12.4. The second kappa shape index (κ2) is 21.6. The topological polar surface area (TPSA) is 61.5 Å². The van der Waals surface area contributed by atoms with E-state index in [4.69, 9.17) is 9.47 Å². The Balaban J connectivity index is 0.00000462. The molecular formula is C35H54Cl2N2O4. The van der Waals surface area contributed by atoms with Gasteiger partial charge in [-0.15, -0.1) is 0 Å². The number of esters is 2. The van der Waals surface area contributed by atoms with Crippen LogP contribution in [0.5, 0.6) is 0 Å². The van der Waals surface area contributed by atoms with E-state index in [-0.39, 0.29) is 36.8 Å². The number of nitrogens with one attached hydrogen (secondary N) is 2. The summed E-state index contributed by atoms with van der Waals surface area (Å²) in [6.45, 7) is 17.1. The summed E-state index contributed by atoms with van der Waals surface area (Å²) in [4.78, 5) is 28.6. The highest BCUT2D eigenvalue weighted by atomic mass is 35.5. The number of hydrogen-bond donors (Lipinski definition) is 2. The maximum atomic E-state index is 12.7. The van der Waals surface area contributed by atoms with Crippen LogP contribution < -0.4 is 34.6 Å². The van der Waals surface area contributed by atoms with Crippen molar-refractivity contribution in [2.24, 2.45) is 0 Å². The van der Waals surface area contributed by atoms with E-state index in [0.717, 1.165) is 47.9 Å². The Morgan fingerprint density at radius 3 is 1.33 bits per heavy atom. The first-order chi connectivity index (χ1) is 20.0. The number of carbonyl (C=O) groups is 2. The monoisotopic (exact) mass is 636 g/mol. The molecule has 0 unspecified atom stereocenters. The van der Waals surface area contributed by atoms with E-state index in [1.54, 1.807) is 9.80 Å². The van der Waals surface area contributed by atoms with Crippen LogP contribution in [0.2, 0.25) is 0 Å². The molecule has 0 aliphatic heterocycles. The van der Waals surface area contributed by atoms with Gasteiger partial charge in [0.25, 0.3) is 0 Å². The molecule has 3 rings (SSSR count). The second-order valence-electron chi connectivity index (χ2n) is 11.4. The smallest absolute Gasteiger partial charge is 0.338 e. The van der Waals surface area contributed by atoms with Gasteiger partial charge in [0, 0.05) is 0 Å². The van der Waals surface area contributed by atoms with Gasteiger partial charge in [0.05, 0.1) is 63.6 Å². The third-order valence-corrected chi connectivity index (χ3v) is 8.67. The predicted octanol–water partition coefficient (Wildman–Crippen LogP) is -1.45. The van der Waals surface area contributed by atoms with Crippen molar-refractivity contribution in [3.05, 3.63) is 58.7 Å². The molecular weight excluding hydrogens is 583 g/mol. The highest BCUT2D eigenvalue weighted by molar-refractivity contribution is 5.93. The first-order valence-electron chi connectivity index (χ1n) is 16.3. The molecule has 2 aromatic rings. The molecule has 0 radical (unpaired) electrons. The summed E-state index contributed by atoms with van der Waals surface area (Å²) in [5.41, 5.74) is 5.65. The van der Waals surface area contributed by atoms with Crippen LogP contribution in [0.4, 0.5) is 0 Å². The molecule has 0 bridgehead atoms. The molecule has 1 aliphatic carbocycles. The van der Waals surface area contributed by atoms with Crippen molar-refractivity contribution in [3.63, 3.8) is 0 Å². The quantitative estimate of drug-likeness (QED) is 0.118. The number of halogens is 2. The first kappa shape index (κ1) is 38.9. The number of unbranched alkanes of at least 4 members (excludes halogenated alkanes) is 6. The van der Waals surface area contributed by atoms with Crippen molar-refractivity contribution in [3.8, 4) is 11.1 Å². The Hall–Kier alpha value is -2.12. The van der Waals surface area contributed by atoms with Crippen molar-refractivity contribution in [1.29, 1.82) is 0 Å². The van der Waals surface area contributed by atoms with Crippen LogP contribution in [0.1, 0.15) is 111 Å². The van der Waals surface area contributed by atoms with Crippen LogP contribution >= 0.6 is 0 Å². The van der Waals surface area contributed by atoms with E-state index in [1.165, 1.54) is 65.0 Å². The summed E-state index contributed by atoms with van der Waals surface area (Å²) in [6.07, 6.45) is 9.54. The minimum absolute atomic E-state index is 0. The Morgan fingerprint density at radius 2 is 0.953 bits per heavy atom. The van der Waals surface area contributed by atoms with Crippen LogP contribution in [-0.2, 0) is 15.9 Å².